The molecule has 1 aromatic rings. The van der Waals surface area contributed by atoms with Gasteiger partial charge in [-0.15, -0.1) is 0 Å². The van der Waals surface area contributed by atoms with Crippen molar-refractivity contribution in [2.45, 2.75) is 58.3 Å². The third kappa shape index (κ3) is 6.56. The predicted molar refractivity (Wildman–Crippen MR) is 106 cm³/mol. The molecule has 27 heavy (non-hydrogen) atoms. The number of hydrogen-bond donors (Lipinski definition) is 0. The fourth-order valence-electron chi connectivity index (χ4n) is 3.49. The Balaban J connectivity index is 1.73. The van der Waals surface area contributed by atoms with E-state index in [1.54, 1.807) is 0 Å². The highest BCUT2D eigenvalue weighted by Gasteiger charge is 2.23. The van der Waals surface area contributed by atoms with E-state index in [0.717, 1.165) is 38.1 Å². The summed E-state index contributed by atoms with van der Waals surface area (Å²) in [5.41, 5.74) is 1.29. The van der Waals surface area contributed by atoms with Crippen LogP contribution in [0.5, 0.6) is 5.75 Å². The summed E-state index contributed by atoms with van der Waals surface area (Å²) in [5.74, 6) is 1.28. The number of methoxy groups -OCH3 is 1. The number of carbonyl (C=O) groups excluding carboxylic acids is 2. The van der Waals surface area contributed by atoms with Crippen LogP contribution < -0.4 is 4.74 Å². The number of piperidine rings is 1. The van der Waals surface area contributed by atoms with Gasteiger partial charge in [-0.2, -0.15) is 0 Å². The number of para-hydroxylation sites is 1. The van der Waals surface area contributed by atoms with Crippen molar-refractivity contribution in [3.8, 4) is 5.75 Å². The monoisotopic (exact) mass is 375 g/mol. The van der Waals surface area contributed by atoms with E-state index in [4.69, 9.17) is 4.74 Å². The summed E-state index contributed by atoms with van der Waals surface area (Å²) in [6.07, 6.45) is 3.39. The second-order valence-electron chi connectivity index (χ2n) is 8.28. The second kappa shape index (κ2) is 9.77. The Morgan fingerprint density at radius 3 is 2.41 bits per heavy atom. The minimum Gasteiger partial charge on any atom is -0.493 e. The van der Waals surface area contributed by atoms with Crippen molar-refractivity contribution >= 4 is 11.9 Å². The lowest BCUT2D eigenvalue weighted by molar-refractivity contribution is -0.144. The minimum atomic E-state index is -0.328. The lowest BCUT2D eigenvalue weighted by atomic mass is 9.86. The number of esters is 1. The van der Waals surface area contributed by atoms with E-state index in [2.05, 4.69) is 37.6 Å². The predicted octanol–water partition coefficient (Wildman–Crippen LogP) is 3.94. The number of likely N-dealkylation sites (tertiary alicyclic amines) is 1. The molecular weight excluding hydrogens is 342 g/mol. The van der Waals surface area contributed by atoms with Crippen molar-refractivity contribution in [1.29, 1.82) is 0 Å². The molecule has 0 atom stereocenters. The lowest BCUT2D eigenvalue weighted by Crippen LogP contribution is -2.38. The van der Waals surface area contributed by atoms with E-state index in [1.165, 1.54) is 12.7 Å². The number of ether oxygens (including phenoxy) is 2. The highest BCUT2D eigenvalue weighted by molar-refractivity contribution is 5.81. The van der Waals surface area contributed by atoms with Gasteiger partial charge < -0.3 is 14.4 Å². The van der Waals surface area contributed by atoms with E-state index in [-0.39, 0.29) is 30.1 Å². The van der Waals surface area contributed by atoms with Gasteiger partial charge in [0, 0.05) is 19.5 Å². The van der Waals surface area contributed by atoms with Gasteiger partial charge in [-0.25, -0.2) is 0 Å². The van der Waals surface area contributed by atoms with Crippen LogP contribution in [0.2, 0.25) is 0 Å². The molecule has 0 N–H and O–H groups in total. The Labute approximate surface area is 163 Å². The van der Waals surface area contributed by atoms with Gasteiger partial charge in [0.1, 0.15) is 5.75 Å². The van der Waals surface area contributed by atoms with Crippen LogP contribution in [-0.2, 0) is 19.7 Å². The largest absolute Gasteiger partial charge is 0.493 e. The van der Waals surface area contributed by atoms with E-state index in [1.807, 2.05) is 17.0 Å². The first-order valence-corrected chi connectivity index (χ1v) is 9.88. The van der Waals surface area contributed by atoms with Gasteiger partial charge in [0.15, 0.2) is 0 Å². The number of hydrogen-bond acceptors (Lipinski definition) is 4. The number of rotatable bonds is 7. The highest BCUT2D eigenvalue weighted by Crippen LogP contribution is 2.31. The van der Waals surface area contributed by atoms with Crippen LogP contribution in [0, 0.1) is 5.92 Å². The van der Waals surface area contributed by atoms with Crippen LogP contribution in [0.25, 0.3) is 0 Å². The molecule has 1 aliphatic heterocycles. The normalized spacial score (nSPS) is 15.5. The molecule has 0 unspecified atom stereocenters. The van der Waals surface area contributed by atoms with E-state index < -0.39 is 0 Å². The van der Waals surface area contributed by atoms with Crippen LogP contribution in [0.15, 0.2) is 24.3 Å². The highest BCUT2D eigenvalue weighted by atomic mass is 16.5. The van der Waals surface area contributed by atoms with Crippen LogP contribution >= 0.6 is 0 Å². The zero-order chi connectivity index (χ0) is 19.9. The summed E-state index contributed by atoms with van der Waals surface area (Å²) < 4.78 is 10.7. The summed E-state index contributed by atoms with van der Waals surface area (Å²) in [6, 6.07) is 8.25. The molecule has 2 rings (SSSR count). The fourth-order valence-corrected chi connectivity index (χ4v) is 3.49. The van der Waals surface area contributed by atoms with Crippen LogP contribution in [0.3, 0.4) is 0 Å². The fraction of sp³-hybridized carbons (Fsp3) is 0.636. The zero-order valence-corrected chi connectivity index (χ0v) is 17.1. The maximum atomic E-state index is 12.1. The van der Waals surface area contributed by atoms with Gasteiger partial charge in [-0.3, -0.25) is 9.59 Å². The van der Waals surface area contributed by atoms with Gasteiger partial charge in [0.2, 0.25) is 5.91 Å². The Kier molecular flexibility index (Phi) is 7.69. The van der Waals surface area contributed by atoms with Gasteiger partial charge in [0.25, 0.3) is 0 Å². The standard InChI is InChI=1S/C22H33NO4/c1-22(2,3)18-7-5-6-8-19(18)27-16-13-17-11-14-23(15-12-17)20(24)9-10-21(25)26-4/h5-8,17H,9-16H2,1-4H3. The average Bonchev–Trinajstić information content (AvgIpc) is 2.66. The van der Waals surface area contributed by atoms with E-state index >= 15 is 0 Å². The van der Waals surface area contributed by atoms with Gasteiger partial charge >= 0.3 is 5.97 Å². The molecule has 5 nitrogen and oxygen atoms in total. The maximum Gasteiger partial charge on any atom is 0.306 e. The van der Waals surface area contributed by atoms with Crippen LogP contribution in [0.1, 0.15) is 58.4 Å². The van der Waals surface area contributed by atoms with Gasteiger partial charge in [-0.05, 0) is 42.2 Å². The van der Waals surface area contributed by atoms with Crippen molar-refractivity contribution in [3.63, 3.8) is 0 Å². The molecule has 1 amide bonds. The van der Waals surface area contributed by atoms with E-state index in [9.17, 15) is 9.59 Å². The maximum absolute atomic E-state index is 12.1. The van der Waals surface area contributed by atoms with Gasteiger partial charge in [-0.1, -0.05) is 39.0 Å². The molecule has 0 bridgehead atoms. The third-order valence-electron chi connectivity index (χ3n) is 5.22. The molecule has 1 aliphatic rings. The number of carbonyl (C=O) groups is 2. The molecule has 1 saturated heterocycles. The van der Waals surface area contributed by atoms with Crippen molar-refractivity contribution in [2.24, 2.45) is 5.92 Å². The summed E-state index contributed by atoms with van der Waals surface area (Å²) >= 11 is 0. The Morgan fingerprint density at radius 2 is 1.78 bits per heavy atom. The molecule has 1 aromatic carbocycles. The second-order valence-corrected chi connectivity index (χ2v) is 8.28. The van der Waals surface area contributed by atoms with Crippen molar-refractivity contribution < 1.29 is 19.1 Å². The number of amides is 1. The third-order valence-corrected chi connectivity index (χ3v) is 5.22. The van der Waals surface area contributed by atoms with Gasteiger partial charge in [0.05, 0.1) is 20.1 Å². The van der Waals surface area contributed by atoms with Crippen LogP contribution in [0.4, 0.5) is 0 Å². The molecule has 150 valence electrons. The number of nitrogens with zero attached hydrogens (tertiary/aromatic N) is 1. The molecule has 1 fully saturated rings. The Bertz CT molecular complexity index is 627. The SMILES string of the molecule is COC(=O)CCC(=O)N1CCC(CCOc2ccccc2C(C)(C)C)CC1. The van der Waals surface area contributed by atoms with E-state index in [0.29, 0.717) is 12.5 Å². The first kappa shape index (κ1) is 21.3. The Hall–Kier alpha value is -2.04. The first-order valence-electron chi connectivity index (χ1n) is 9.88. The molecule has 5 heteroatoms. The smallest absolute Gasteiger partial charge is 0.306 e. The Morgan fingerprint density at radius 1 is 1.11 bits per heavy atom. The van der Waals surface area contributed by atoms with Crippen LogP contribution in [-0.4, -0.2) is 43.6 Å². The lowest BCUT2D eigenvalue weighted by Gasteiger charge is -2.32. The van der Waals surface area contributed by atoms with Crippen molar-refractivity contribution in [3.05, 3.63) is 29.8 Å². The van der Waals surface area contributed by atoms with Crippen molar-refractivity contribution in [2.75, 3.05) is 26.8 Å². The summed E-state index contributed by atoms with van der Waals surface area (Å²) in [4.78, 5) is 25.2. The quantitative estimate of drug-likeness (QED) is 0.677. The topological polar surface area (TPSA) is 55.8 Å². The molecule has 0 radical (unpaired) electrons. The zero-order valence-electron chi connectivity index (χ0n) is 17.1. The number of benzene rings is 1. The summed E-state index contributed by atoms with van der Waals surface area (Å²) in [5, 5.41) is 0. The summed E-state index contributed by atoms with van der Waals surface area (Å²) in [6.45, 7) is 8.83. The minimum absolute atomic E-state index is 0.0502. The molecular formula is C22H33NO4. The summed E-state index contributed by atoms with van der Waals surface area (Å²) in [7, 11) is 1.35. The first-order chi connectivity index (χ1) is 12.8. The molecule has 0 aliphatic carbocycles. The molecule has 0 saturated carbocycles. The molecule has 1 heterocycles. The van der Waals surface area contributed by atoms with Crippen molar-refractivity contribution in [1.82, 2.24) is 4.90 Å². The average molecular weight is 376 g/mol. The molecule has 0 spiro atoms. The molecule has 0 aromatic heterocycles.